The first-order valence-electron chi connectivity index (χ1n) is 9.02. The van der Waals surface area contributed by atoms with E-state index in [4.69, 9.17) is 4.52 Å². The fraction of sp³-hybridized carbons (Fsp3) is 0.316. The lowest BCUT2D eigenvalue weighted by Gasteiger charge is -2.33. The van der Waals surface area contributed by atoms with Crippen LogP contribution in [0.5, 0.6) is 0 Å². The summed E-state index contributed by atoms with van der Waals surface area (Å²) < 4.78 is 18.5. The summed E-state index contributed by atoms with van der Waals surface area (Å²) in [5.74, 6) is 0.713. The molecule has 0 aliphatic carbocycles. The Kier molecular flexibility index (Phi) is 5.75. The quantitative estimate of drug-likeness (QED) is 0.685. The normalized spacial score (nSPS) is 15.6. The van der Waals surface area contributed by atoms with Crippen molar-refractivity contribution >= 4 is 22.9 Å². The number of aromatic nitrogens is 2. The highest BCUT2D eigenvalue weighted by atomic mass is 32.1. The Morgan fingerprint density at radius 3 is 2.75 bits per heavy atom. The van der Waals surface area contributed by atoms with Crippen molar-refractivity contribution in [1.82, 2.24) is 19.9 Å². The number of carbonyl (C=O) groups is 1. The van der Waals surface area contributed by atoms with Crippen LogP contribution in [0.4, 0.5) is 10.1 Å². The average Bonchev–Trinajstić information content (AvgIpc) is 3.35. The van der Waals surface area contributed by atoms with E-state index in [9.17, 15) is 9.18 Å². The number of halogens is 1. The van der Waals surface area contributed by atoms with E-state index >= 15 is 0 Å². The number of piperazine rings is 1. The topological polar surface area (TPSA) is 74.5 Å². The minimum Gasteiger partial charge on any atom is -0.338 e. The highest BCUT2D eigenvalue weighted by Crippen LogP contribution is 2.21. The van der Waals surface area contributed by atoms with Gasteiger partial charge in [-0.3, -0.25) is 14.6 Å². The van der Waals surface area contributed by atoms with Crippen LogP contribution in [0.25, 0.3) is 10.7 Å². The largest absolute Gasteiger partial charge is 0.338 e. The molecule has 4 rings (SSSR count). The van der Waals surface area contributed by atoms with Gasteiger partial charge in [0.05, 0.1) is 18.0 Å². The van der Waals surface area contributed by atoms with E-state index in [1.807, 2.05) is 17.5 Å². The maximum Gasteiger partial charge on any atom is 0.241 e. The van der Waals surface area contributed by atoms with Crippen LogP contribution in [-0.4, -0.2) is 58.6 Å². The number of hydrogen-bond donors (Lipinski definition) is 1. The summed E-state index contributed by atoms with van der Waals surface area (Å²) in [6.45, 7) is 4.04. The summed E-state index contributed by atoms with van der Waals surface area (Å²) in [5, 5.41) is 8.74. The molecule has 146 valence electrons. The van der Waals surface area contributed by atoms with E-state index in [1.54, 1.807) is 23.5 Å². The summed E-state index contributed by atoms with van der Waals surface area (Å²) in [6, 6.07) is 9.83. The summed E-state index contributed by atoms with van der Waals surface area (Å²) >= 11 is 1.58. The summed E-state index contributed by atoms with van der Waals surface area (Å²) in [5.41, 5.74) is 0.474. The van der Waals surface area contributed by atoms with Crippen molar-refractivity contribution in [1.29, 1.82) is 0 Å². The first kappa shape index (κ1) is 18.7. The van der Waals surface area contributed by atoms with E-state index < -0.39 is 0 Å². The molecule has 1 amide bonds. The van der Waals surface area contributed by atoms with Crippen LogP contribution in [0, 0.1) is 5.82 Å². The standard InChI is InChI=1S/C19H20FN5O2S/c20-14-3-1-4-15(11-14)21-17(26)12-24-6-8-25(9-7-24)13-18-22-19(23-27-18)16-5-2-10-28-16/h1-5,10-11H,6-9,12-13H2,(H,21,26). The lowest BCUT2D eigenvalue weighted by molar-refractivity contribution is -0.117. The van der Waals surface area contributed by atoms with Crippen molar-refractivity contribution in [3.8, 4) is 10.7 Å². The lowest BCUT2D eigenvalue weighted by atomic mass is 10.3. The van der Waals surface area contributed by atoms with Crippen molar-refractivity contribution in [2.45, 2.75) is 6.54 Å². The summed E-state index contributed by atoms with van der Waals surface area (Å²) in [7, 11) is 0. The highest BCUT2D eigenvalue weighted by molar-refractivity contribution is 7.13. The van der Waals surface area contributed by atoms with Gasteiger partial charge in [0.25, 0.3) is 0 Å². The molecule has 28 heavy (non-hydrogen) atoms. The Hall–Kier alpha value is -2.62. The van der Waals surface area contributed by atoms with Gasteiger partial charge in [0.1, 0.15) is 5.82 Å². The number of benzene rings is 1. The second-order valence-corrected chi connectivity index (χ2v) is 7.55. The molecule has 9 heteroatoms. The van der Waals surface area contributed by atoms with Gasteiger partial charge in [-0.05, 0) is 29.6 Å². The molecule has 1 aliphatic heterocycles. The fourth-order valence-electron chi connectivity index (χ4n) is 3.09. The van der Waals surface area contributed by atoms with Crippen molar-refractivity contribution in [3.05, 3.63) is 53.5 Å². The summed E-state index contributed by atoms with van der Waals surface area (Å²) in [4.78, 5) is 21.9. The lowest BCUT2D eigenvalue weighted by Crippen LogP contribution is -2.48. The van der Waals surface area contributed by atoms with Gasteiger partial charge in [0, 0.05) is 31.9 Å². The number of nitrogens with zero attached hydrogens (tertiary/aromatic N) is 4. The molecule has 0 radical (unpaired) electrons. The Morgan fingerprint density at radius 1 is 1.18 bits per heavy atom. The number of carbonyl (C=O) groups excluding carboxylic acids is 1. The van der Waals surface area contributed by atoms with Gasteiger partial charge in [-0.1, -0.05) is 17.3 Å². The van der Waals surface area contributed by atoms with Gasteiger partial charge in [0.15, 0.2) is 0 Å². The van der Waals surface area contributed by atoms with Gasteiger partial charge >= 0.3 is 0 Å². The van der Waals surface area contributed by atoms with Gasteiger partial charge in [-0.15, -0.1) is 11.3 Å². The molecule has 2 aromatic heterocycles. The molecule has 0 atom stereocenters. The first-order valence-corrected chi connectivity index (χ1v) is 9.90. The maximum atomic E-state index is 13.2. The summed E-state index contributed by atoms with van der Waals surface area (Å²) in [6.07, 6.45) is 0. The van der Waals surface area contributed by atoms with Crippen LogP contribution < -0.4 is 5.32 Å². The molecule has 7 nitrogen and oxygen atoms in total. The zero-order chi connectivity index (χ0) is 19.3. The highest BCUT2D eigenvalue weighted by Gasteiger charge is 2.21. The zero-order valence-corrected chi connectivity index (χ0v) is 16.0. The van der Waals surface area contributed by atoms with Crippen LogP contribution in [0.2, 0.25) is 0 Å². The minimum absolute atomic E-state index is 0.142. The number of rotatable bonds is 6. The minimum atomic E-state index is -0.366. The molecular weight excluding hydrogens is 381 g/mol. The molecular formula is C19H20FN5O2S. The van der Waals surface area contributed by atoms with E-state index in [-0.39, 0.29) is 18.3 Å². The molecule has 0 saturated carbocycles. The Balaban J connectivity index is 1.23. The molecule has 1 aromatic carbocycles. The van der Waals surface area contributed by atoms with Crippen LogP contribution in [0.1, 0.15) is 5.89 Å². The molecule has 1 N–H and O–H groups in total. The first-order chi connectivity index (χ1) is 13.7. The molecule has 0 unspecified atom stereocenters. The van der Waals surface area contributed by atoms with Crippen molar-refractivity contribution in [2.24, 2.45) is 0 Å². The van der Waals surface area contributed by atoms with E-state index in [2.05, 4.69) is 25.3 Å². The Morgan fingerprint density at radius 2 is 2.00 bits per heavy atom. The van der Waals surface area contributed by atoms with Crippen LogP contribution in [-0.2, 0) is 11.3 Å². The predicted octanol–water partition coefficient (Wildman–Crippen LogP) is 2.69. The molecule has 3 aromatic rings. The van der Waals surface area contributed by atoms with E-state index in [0.717, 1.165) is 31.1 Å². The molecule has 3 heterocycles. The third kappa shape index (κ3) is 4.80. The van der Waals surface area contributed by atoms with Gasteiger partial charge in [-0.2, -0.15) is 4.98 Å². The number of nitrogens with one attached hydrogen (secondary N) is 1. The van der Waals surface area contributed by atoms with Crippen molar-refractivity contribution < 1.29 is 13.7 Å². The number of anilines is 1. The second kappa shape index (κ2) is 8.59. The SMILES string of the molecule is O=C(CN1CCN(Cc2nc(-c3cccs3)no2)CC1)Nc1cccc(F)c1. The van der Waals surface area contributed by atoms with Crippen LogP contribution in [0.3, 0.4) is 0 Å². The van der Waals surface area contributed by atoms with Crippen molar-refractivity contribution in [2.75, 3.05) is 38.0 Å². The monoisotopic (exact) mass is 401 g/mol. The Labute approximate surface area is 165 Å². The Bertz CT molecular complexity index is 922. The van der Waals surface area contributed by atoms with Crippen molar-refractivity contribution in [3.63, 3.8) is 0 Å². The van der Waals surface area contributed by atoms with Gasteiger partial charge < -0.3 is 9.84 Å². The van der Waals surface area contributed by atoms with Crippen LogP contribution in [0.15, 0.2) is 46.3 Å². The number of thiophene rings is 1. The average molecular weight is 401 g/mol. The fourth-order valence-corrected chi connectivity index (χ4v) is 3.74. The molecule has 0 bridgehead atoms. The second-order valence-electron chi connectivity index (χ2n) is 6.60. The molecule has 1 aliphatic rings. The third-order valence-electron chi connectivity index (χ3n) is 4.51. The molecule has 0 spiro atoms. The molecule has 1 fully saturated rings. The van der Waals surface area contributed by atoms with Gasteiger partial charge in [-0.25, -0.2) is 4.39 Å². The third-order valence-corrected chi connectivity index (χ3v) is 5.37. The van der Waals surface area contributed by atoms with Crippen LogP contribution >= 0.6 is 11.3 Å². The smallest absolute Gasteiger partial charge is 0.241 e. The number of hydrogen-bond acceptors (Lipinski definition) is 7. The predicted molar refractivity (Wildman–Crippen MR) is 104 cm³/mol. The van der Waals surface area contributed by atoms with E-state index in [0.29, 0.717) is 23.9 Å². The molecule has 1 saturated heterocycles. The maximum absolute atomic E-state index is 13.2. The van der Waals surface area contributed by atoms with E-state index in [1.165, 1.54) is 12.1 Å². The van der Waals surface area contributed by atoms with Gasteiger partial charge in [0.2, 0.25) is 17.6 Å². The zero-order valence-electron chi connectivity index (χ0n) is 15.2. The number of amides is 1.